The van der Waals surface area contributed by atoms with Crippen molar-refractivity contribution in [3.8, 4) is 5.75 Å². The third-order valence-electron chi connectivity index (χ3n) is 3.40. The van der Waals surface area contributed by atoms with Crippen molar-refractivity contribution in [1.29, 1.82) is 0 Å². The van der Waals surface area contributed by atoms with Gasteiger partial charge in [-0.3, -0.25) is 9.59 Å². The second-order valence-corrected chi connectivity index (χ2v) is 5.18. The minimum absolute atomic E-state index is 0.0659. The summed E-state index contributed by atoms with van der Waals surface area (Å²) in [6.07, 6.45) is 1.42. The highest BCUT2D eigenvalue weighted by Crippen LogP contribution is 2.43. The molecule has 0 fully saturated rings. The van der Waals surface area contributed by atoms with Gasteiger partial charge in [0.05, 0.1) is 12.7 Å². The molecule has 0 aliphatic heterocycles. The van der Waals surface area contributed by atoms with Crippen LogP contribution in [0, 0.1) is 12.3 Å². The number of hydrogen-bond donors (Lipinski definition) is 0. The number of fused-ring (bicyclic) bond motifs is 1. The Hall–Kier alpha value is -1.64. The van der Waals surface area contributed by atoms with Crippen LogP contribution in [0.1, 0.15) is 45.7 Å². The first-order valence-electron chi connectivity index (χ1n) is 5.63. The zero-order chi connectivity index (χ0) is 12.8. The van der Waals surface area contributed by atoms with Gasteiger partial charge in [0.15, 0.2) is 5.78 Å². The Labute approximate surface area is 101 Å². The highest BCUT2D eigenvalue weighted by atomic mass is 16.5. The first-order valence-corrected chi connectivity index (χ1v) is 5.63. The molecular weight excluding hydrogens is 216 g/mol. The van der Waals surface area contributed by atoms with Gasteiger partial charge in [-0.25, -0.2) is 0 Å². The molecule has 0 unspecified atom stereocenters. The molecule has 0 aromatic heterocycles. The summed E-state index contributed by atoms with van der Waals surface area (Å²) in [5, 5.41) is 0. The second kappa shape index (κ2) is 3.69. The third kappa shape index (κ3) is 1.57. The van der Waals surface area contributed by atoms with E-state index >= 15 is 0 Å². The van der Waals surface area contributed by atoms with Crippen molar-refractivity contribution in [2.45, 2.75) is 27.2 Å². The molecule has 17 heavy (non-hydrogen) atoms. The molecule has 3 nitrogen and oxygen atoms in total. The second-order valence-electron chi connectivity index (χ2n) is 5.18. The van der Waals surface area contributed by atoms with E-state index in [1.165, 1.54) is 0 Å². The van der Waals surface area contributed by atoms with Gasteiger partial charge in [0.2, 0.25) is 0 Å². The van der Waals surface area contributed by atoms with Crippen LogP contribution in [-0.4, -0.2) is 19.2 Å². The van der Waals surface area contributed by atoms with Crippen LogP contribution in [-0.2, 0) is 6.42 Å². The number of benzene rings is 1. The molecule has 0 saturated carbocycles. The third-order valence-corrected chi connectivity index (χ3v) is 3.40. The van der Waals surface area contributed by atoms with E-state index in [1.807, 2.05) is 20.8 Å². The summed E-state index contributed by atoms with van der Waals surface area (Å²) >= 11 is 0. The maximum Gasteiger partial charge on any atom is 0.172 e. The van der Waals surface area contributed by atoms with Crippen molar-refractivity contribution in [1.82, 2.24) is 0 Å². The highest BCUT2D eigenvalue weighted by Gasteiger charge is 2.41. The summed E-state index contributed by atoms with van der Waals surface area (Å²) in [7, 11) is 1.56. The lowest BCUT2D eigenvalue weighted by atomic mass is 9.89. The van der Waals surface area contributed by atoms with Gasteiger partial charge in [-0.05, 0) is 30.5 Å². The van der Waals surface area contributed by atoms with Crippen LogP contribution >= 0.6 is 0 Å². The molecule has 0 amide bonds. The molecule has 0 N–H and O–H groups in total. The molecule has 1 aromatic carbocycles. The van der Waals surface area contributed by atoms with E-state index in [9.17, 15) is 9.59 Å². The zero-order valence-electron chi connectivity index (χ0n) is 10.6. The smallest absolute Gasteiger partial charge is 0.172 e. The maximum absolute atomic E-state index is 12.3. The van der Waals surface area contributed by atoms with E-state index in [0.717, 1.165) is 17.4 Å². The monoisotopic (exact) mass is 232 g/mol. The topological polar surface area (TPSA) is 43.4 Å². The van der Waals surface area contributed by atoms with E-state index in [-0.39, 0.29) is 5.78 Å². The van der Waals surface area contributed by atoms with Crippen molar-refractivity contribution < 1.29 is 14.3 Å². The van der Waals surface area contributed by atoms with Crippen molar-refractivity contribution in [2.24, 2.45) is 5.41 Å². The molecule has 0 saturated heterocycles. The zero-order valence-corrected chi connectivity index (χ0v) is 10.6. The maximum atomic E-state index is 12.3. The van der Waals surface area contributed by atoms with Crippen LogP contribution in [0.15, 0.2) is 6.07 Å². The molecule has 1 aliphatic rings. The molecule has 0 bridgehead atoms. The minimum atomic E-state index is -0.443. The normalized spacial score (nSPS) is 16.8. The van der Waals surface area contributed by atoms with Gasteiger partial charge in [-0.2, -0.15) is 0 Å². The molecule has 2 rings (SSSR count). The van der Waals surface area contributed by atoms with Gasteiger partial charge in [-0.15, -0.1) is 0 Å². The number of ether oxygens (including phenoxy) is 1. The predicted octanol–water partition coefficient (Wildman–Crippen LogP) is 2.58. The van der Waals surface area contributed by atoms with Crippen LogP contribution in [0.5, 0.6) is 5.75 Å². The van der Waals surface area contributed by atoms with Crippen LogP contribution in [0.2, 0.25) is 0 Å². The predicted molar refractivity (Wildman–Crippen MR) is 64.9 cm³/mol. The number of carbonyl (C=O) groups excluding carboxylic acids is 2. The molecule has 0 radical (unpaired) electrons. The SMILES string of the molecule is COc1c(C)cc(C=O)c2c1C(=O)C(C)(C)C2. The lowest BCUT2D eigenvalue weighted by Gasteiger charge is -2.14. The first-order chi connectivity index (χ1) is 7.92. The quantitative estimate of drug-likeness (QED) is 0.736. The van der Waals surface area contributed by atoms with Crippen LogP contribution in [0.25, 0.3) is 0 Å². The van der Waals surface area contributed by atoms with Crippen molar-refractivity contribution in [3.63, 3.8) is 0 Å². The molecular formula is C14H16O3. The Bertz CT molecular complexity index is 513. The van der Waals surface area contributed by atoms with Crippen LogP contribution < -0.4 is 4.74 Å². The van der Waals surface area contributed by atoms with E-state index in [0.29, 0.717) is 23.3 Å². The molecule has 90 valence electrons. The molecule has 1 aromatic rings. The van der Waals surface area contributed by atoms with Gasteiger partial charge in [0.25, 0.3) is 0 Å². The van der Waals surface area contributed by atoms with Crippen LogP contribution in [0.4, 0.5) is 0 Å². The number of aryl methyl sites for hydroxylation is 1. The molecule has 0 atom stereocenters. The van der Waals surface area contributed by atoms with Crippen molar-refractivity contribution in [3.05, 3.63) is 28.3 Å². The standard InChI is InChI=1S/C14H16O3/c1-8-5-9(7-15)10-6-14(2,3)13(16)11(10)12(8)17-4/h5,7H,6H2,1-4H3. The van der Waals surface area contributed by atoms with Gasteiger partial charge in [0, 0.05) is 11.0 Å². The lowest BCUT2D eigenvalue weighted by molar-refractivity contribution is 0.0860. The number of Topliss-reactive ketones (excluding diaryl/α,β-unsaturated/α-hetero) is 1. The Morgan fingerprint density at radius 2 is 2.06 bits per heavy atom. The fourth-order valence-corrected chi connectivity index (χ4v) is 2.52. The molecule has 0 heterocycles. The Kier molecular flexibility index (Phi) is 2.57. The largest absolute Gasteiger partial charge is 0.496 e. The average Bonchev–Trinajstić information content (AvgIpc) is 2.51. The van der Waals surface area contributed by atoms with Gasteiger partial charge in [0.1, 0.15) is 12.0 Å². The molecule has 1 aliphatic carbocycles. The van der Waals surface area contributed by atoms with E-state index in [1.54, 1.807) is 13.2 Å². The number of ketones is 1. The summed E-state index contributed by atoms with van der Waals surface area (Å²) in [4.78, 5) is 23.4. The van der Waals surface area contributed by atoms with Gasteiger partial charge in [-0.1, -0.05) is 13.8 Å². The fourth-order valence-electron chi connectivity index (χ4n) is 2.52. The van der Waals surface area contributed by atoms with Gasteiger partial charge >= 0.3 is 0 Å². The summed E-state index contributed by atoms with van der Waals surface area (Å²) in [5.74, 6) is 0.678. The summed E-state index contributed by atoms with van der Waals surface area (Å²) in [5.41, 5.74) is 2.43. The fraction of sp³-hybridized carbons (Fsp3) is 0.429. The summed E-state index contributed by atoms with van der Waals surface area (Å²) < 4.78 is 5.31. The van der Waals surface area contributed by atoms with Crippen LogP contribution in [0.3, 0.4) is 0 Å². The number of methoxy groups -OCH3 is 1. The Morgan fingerprint density at radius 1 is 1.41 bits per heavy atom. The van der Waals surface area contributed by atoms with E-state index in [2.05, 4.69) is 0 Å². The number of carbonyl (C=O) groups is 2. The minimum Gasteiger partial charge on any atom is -0.496 e. The number of aldehydes is 1. The summed E-state index contributed by atoms with van der Waals surface area (Å²) in [6.45, 7) is 5.65. The Balaban J connectivity index is 2.78. The lowest BCUT2D eigenvalue weighted by Crippen LogP contribution is -2.19. The first kappa shape index (κ1) is 11.8. The molecule has 3 heteroatoms. The summed E-state index contributed by atoms with van der Waals surface area (Å²) in [6, 6.07) is 1.79. The Morgan fingerprint density at radius 3 is 2.59 bits per heavy atom. The van der Waals surface area contributed by atoms with Gasteiger partial charge < -0.3 is 4.74 Å². The number of hydrogen-bond acceptors (Lipinski definition) is 3. The molecule has 0 spiro atoms. The average molecular weight is 232 g/mol. The van der Waals surface area contributed by atoms with Crippen molar-refractivity contribution in [2.75, 3.05) is 7.11 Å². The van der Waals surface area contributed by atoms with Crippen molar-refractivity contribution >= 4 is 12.1 Å². The van der Waals surface area contributed by atoms with E-state index < -0.39 is 5.41 Å². The van der Waals surface area contributed by atoms with E-state index in [4.69, 9.17) is 4.74 Å². The highest BCUT2D eigenvalue weighted by molar-refractivity contribution is 6.08. The number of rotatable bonds is 2.